The van der Waals surface area contributed by atoms with Gasteiger partial charge in [-0.25, -0.2) is 0 Å². The molecule has 1 aromatic heterocycles. The van der Waals surface area contributed by atoms with Crippen LogP contribution >= 0.6 is 0 Å². The summed E-state index contributed by atoms with van der Waals surface area (Å²) in [4.78, 5) is 0. The molecule has 1 nitrogen and oxygen atoms in total. The topological polar surface area (TPSA) is 4.93 Å². The molecule has 0 saturated heterocycles. The van der Waals surface area contributed by atoms with Crippen LogP contribution in [0.1, 0.15) is 44.5 Å². The molecule has 0 amide bonds. The fourth-order valence-corrected chi connectivity index (χ4v) is 3.36. The van der Waals surface area contributed by atoms with Crippen LogP contribution in [0.5, 0.6) is 0 Å². The number of rotatable bonds is 2. The molecule has 2 aliphatic carbocycles. The lowest BCUT2D eigenvalue weighted by atomic mass is 9.93. The summed E-state index contributed by atoms with van der Waals surface area (Å²) in [5.74, 6) is 0. The van der Waals surface area contributed by atoms with Crippen LogP contribution in [0.25, 0.3) is 24.3 Å². The predicted octanol–water partition coefficient (Wildman–Crippen LogP) is 4.38. The number of fused-ring (bicyclic) bond motifs is 1. The van der Waals surface area contributed by atoms with E-state index >= 15 is 0 Å². The molecule has 3 rings (SSSR count). The quantitative estimate of drug-likeness (QED) is 0.764. The summed E-state index contributed by atoms with van der Waals surface area (Å²) >= 11 is 0. The number of hydrogen-bond acceptors (Lipinski definition) is 0. The van der Waals surface area contributed by atoms with Crippen molar-refractivity contribution < 1.29 is 0 Å². The van der Waals surface area contributed by atoms with Gasteiger partial charge in [0.1, 0.15) is 0 Å². The Balaban J connectivity index is 2.36. The van der Waals surface area contributed by atoms with Crippen molar-refractivity contribution in [1.29, 1.82) is 0 Å². The first-order chi connectivity index (χ1) is 11.1. The van der Waals surface area contributed by atoms with Gasteiger partial charge in [-0.2, -0.15) is 0 Å². The highest BCUT2D eigenvalue weighted by Gasteiger charge is 2.20. The minimum absolute atomic E-state index is 0.0828. The second-order valence-corrected chi connectivity index (χ2v) is 6.76. The molecule has 0 N–H and O–H groups in total. The average molecular weight is 303 g/mol. The van der Waals surface area contributed by atoms with Crippen LogP contribution in [0.4, 0.5) is 0 Å². The van der Waals surface area contributed by atoms with Crippen LogP contribution in [0, 0.1) is 5.41 Å². The summed E-state index contributed by atoms with van der Waals surface area (Å²) < 4.78 is 2.45. The third-order valence-electron chi connectivity index (χ3n) is 4.57. The zero-order chi connectivity index (χ0) is 16.4. The molecule has 0 radical (unpaired) electrons. The Morgan fingerprint density at radius 3 is 2.65 bits per heavy atom. The standard InChI is InChI=1S/C22H25N/c1-5-10-20-18(6-2)19-13-15-22(3,4)16-14-21(19)23(20)17-11-8-7-9-12-17/h5-11,13-17H,1,12H2,2-4H3/b18-6-,20-10+. The number of nitrogens with zero attached hydrogens (tertiary/aromatic N) is 1. The average Bonchev–Trinajstić information content (AvgIpc) is 2.75. The van der Waals surface area contributed by atoms with Gasteiger partial charge >= 0.3 is 0 Å². The van der Waals surface area contributed by atoms with E-state index in [1.165, 1.54) is 21.8 Å². The maximum absolute atomic E-state index is 3.91. The molecular formula is C22H25N. The van der Waals surface area contributed by atoms with Gasteiger partial charge in [-0.15, -0.1) is 0 Å². The summed E-state index contributed by atoms with van der Waals surface area (Å²) in [6.45, 7) is 10.5. The predicted molar refractivity (Wildman–Crippen MR) is 102 cm³/mol. The van der Waals surface area contributed by atoms with Crippen molar-refractivity contribution in [3.8, 4) is 0 Å². The van der Waals surface area contributed by atoms with Crippen LogP contribution in [0.15, 0.2) is 49.1 Å². The largest absolute Gasteiger partial charge is 0.333 e. The molecule has 1 heteroatoms. The Labute approximate surface area is 139 Å². The molecule has 23 heavy (non-hydrogen) atoms. The number of hydrogen-bond donors (Lipinski definition) is 0. The van der Waals surface area contributed by atoms with E-state index in [0.29, 0.717) is 6.04 Å². The lowest BCUT2D eigenvalue weighted by Gasteiger charge is -2.19. The van der Waals surface area contributed by atoms with Crippen LogP contribution in [-0.4, -0.2) is 4.57 Å². The second-order valence-electron chi connectivity index (χ2n) is 6.76. The lowest BCUT2D eigenvalue weighted by molar-refractivity contribution is 0.590. The Kier molecular flexibility index (Phi) is 4.12. The summed E-state index contributed by atoms with van der Waals surface area (Å²) in [6.07, 6.45) is 25.2. The summed E-state index contributed by atoms with van der Waals surface area (Å²) in [5, 5.41) is 2.54. The number of aromatic nitrogens is 1. The zero-order valence-electron chi connectivity index (χ0n) is 14.3. The molecule has 1 unspecified atom stereocenters. The Morgan fingerprint density at radius 2 is 2.00 bits per heavy atom. The molecule has 1 heterocycles. The van der Waals surface area contributed by atoms with E-state index in [0.717, 1.165) is 6.42 Å². The van der Waals surface area contributed by atoms with E-state index in [-0.39, 0.29) is 5.41 Å². The maximum atomic E-state index is 3.91. The fourth-order valence-electron chi connectivity index (χ4n) is 3.36. The van der Waals surface area contributed by atoms with Crippen LogP contribution in [0.3, 0.4) is 0 Å². The van der Waals surface area contributed by atoms with E-state index in [1.54, 1.807) is 0 Å². The normalized spacial score (nSPS) is 23.2. The van der Waals surface area contributed by atoms with Gasteiger partial charge in [0.05, 0.1) is 6.04 Å². The van der Waals surface area contributed by atoms with Crippen LogP contribution in [0.2, 0.25) is 0 Å². The van der Waals surface area contributed by atoms with Crippen LogP contribution < -0.4 is 10.6 Å². The second kappa shape index (κ2) is 6.08. The first kappa shape index (κ1) is 15.6. The summed E-state index contributed by atoms with van der Waals surface area (Å²) in [5.41, 5.74) is 2.68. The highest BCUT2D eigenvalue weighted by atomic mass is 15.0. The van der Waals surface area contributed by atoms with Crippen molar-refractivity contribution in [2.75, 3.05) is 0 Å². The van der Waals surface area contributed by atoms with Gasteiger partial charge in [0.15, 0.2) is 0 Å². The maximum Gasteiger partial charge on any atom is 0.0560 e. The van der Waals surface area contributed by atoms with E-state index in [4.69, 9.17) is 0 Å². The molecule has 0 bridgehead atoms. The Bertz CT molecular complexity index is 851. The minimum Gasteiger partial charge on any atom is -0.333 e. The highest BCUT2D eigenvalue weighted by molar-refractivity contribution is 5.69. The first-order valence-corrected chi connectivity index (χ1v) is 8.32. The lowest BCUT2D eigenvalue weighted by Crippen LogP contribution is -2.32. The van der Waals surface area contributed by atoms with Gasteiger partial charge in [0, 0.05) is 27.2 Å². The van der Waals surface area contributed by atoms with E-state index in [2.05, 4.69) is 92.7 Å². The number of allylic oxidation sites excluding steroid dienone is 7. The third kappa shape index (κ3) is 2.84. The molecule has 1 atom stereocenters. The van der Waals surface area contributed by atoms with Gasteiger partial charge in [0.25, 0.3) is 0 Å². The summed E-state index contributed by atoms with van der Waals surface area (Å²) in [6, 6.07) is 0.355. The van der Waals surface area contributed by atoms with Crippen molar-refractivity contribution >= 4 is 24.3 Å². The van der Waals surface area contributed by atoms with Gasteiger partial charge in [-0.3, -0.25) is 0 Å². The SMILES string of the molecule is C=C/C=c1\c(=C/C)c2c(n1C1C=CC=CC1)C=CC(C)(C)C=C2. The molecule has 0 spiro atoms. The van der Waals surface area contributed by atoms with E-state index in [1.807, 2.05) is 6.08 Å². The fraction of sp³-hybridized carbons (Fsp3) is 0.273. The van der Waals surface area contributed by atoms with E-state index < -0.39 is 0 Å². The molecule has 2 aliphatic rings. The smallest absolute Gasteiger partial charge is 0.0560 e. The van der Waals surface area contributed by atoms with Crippen molar-refractivity contribution in [3.05, 3.63) is 70.9 Å². The molecule has 118 valence electrons. The monoisotopic (exact) mass is 303 g/mol. The van der Waals surface area contributed by atoms with Crippen LogP contribution in [-0.2, 0) is 0 Å². The zero-order valence-corrected chi connectivity index (χ0v) is 14.3. The van der Waals surface area contributed by atoms with Crippen molar-refractivity contribution in [3.63, 3.8) is 0 Å². The van der Waals surface area contributed by atoms with Crippen molar-refractivity contribution in [2.24, 2.45) is 5.41 Å². The molecule has 0 aromatic carbocycles. The molecule has 0 fully saturated rings. The molecule has 0 saturated carbocycles. The first-order valence-electron chi connectivity index (χ1n) is 8.32. The Hall–Kier alpha value is -2.28. The minimum atomic E-state index is 0.0828. The van der Waals surface area contributed by atoms with Gasteiger partial charge < -0.3 is 4.57 Å². The molecular weight excluding hydrogens is 278 g/mol. The Morgan fingerprint density at radius 1 is 1.22 bits per heavy atom. The third-order valence-corrected chi connectivity index (χ3v) is 4.57. The van der Waals surface area contributed by atoms with Gasteiger partial charge in [-0.1, -0.05) is 75.1 Å². The van der Waals surface area contributed by atoms with E-state index in [9.17, 15) is 0 Å². The molecule has 0 aliphatic heterocycles. The van der Waals surface area contributed by atoms with Gasteiger partial charge in [0.2, 0.25) is 0 Å². The van der Waals surface area contributed by atoms with Crippen molar-refractivity contribution in [1.82, 2.24) is 4.57 Å². The highest BCUT2D eigenvalue weighted by Crippen LogP contribution is 2.28. The summed E-state index contributed by atoms with van der Waals surface area (Å²) in [7, 11) is 0. The van der Waals surface area contributed by atoms with Crippen molar-refractivity contribution in [2.45, 2.75) is 33.2 Å². The molecule has 1 aromatic rings. The van der Waals surface area contributed by atoms with Gasteiger partial charge in [-0.05, 0) is 25.5 Å².